The number of rotatable bonds is 9. The van der Waals surface area contributed by atoms with E-state index < -0.39 is 10.8 Å². The number of nitro groups is 1. The second kappa shape index (κ2) is 11.7. The lowest BCUT2D eigenvalue weighted by Crippen LogP contribution is -2.21. The highest BCUT2D eigenvalue weighted by Crippen LogP contribution is 2.29. The van der Waals surface area contributed by atoms with Crippen molar-refractivity contribution in [1.82, 2.24) is 30.7 Å². The van der Waals surface area contributed by atoms with E-state index in [0.29, 0.717) is 18.1 Å². The van der Waals surface area contributed by atoms with E-state index in [2.05, 4.69) is 51.7 Å². The average Bonchev–Trinajstić information content (AvgIpc) is 3.61. The highest BCUT2D eigenvalue weighted by atomic mass is 79.9. The quantitative estimate of drug-likeness (QED) is 0.137. The zero-order valence-electron chi connectivity index (χ0n) is 21.3. The van der Waals surface area contributed by atoms with Gasteiger partial charge < -0.3 is 10.5 Å². The molecule has 0 spiro atoms. The summed E-state index contributed by atoms with van der Waals surface area (Å²) in [6.45, 7) is 2.14. The fourth-order valence-corrected chi connectivity index (χ4v) is 4.00. The number of amides is 1. The van der Waals surface area contributed by atoms with E-state index in [1.165, 1.54) is 18.2 Å². The average molecular weight is 618 g/mol. The first-order valence-corrected chi connectivity index (χ1v) is 12.7. The Labute approximate surface area is 240 Å². The third-order valence-corrected chi connectivity index (χ3v) is 6.36. The first kappa shape index (κ1) is 27.1. The molecule has 5 rings (SSSR count). The molecule has 206 valence electrons. The molecule has 14 nitrogen and oxygen atoms in total. The third-order valence-electron chi connectivity index (χ3n) is 5.83. The summed E-state index contributed by atoms with van der Waals surface area (Å²) in [6, 6.07) is 20.7. The van der Waals surface area contributed by atoms with Gasteiger partial charge in [0.25, 0.3) is 11.6 Å². The normalized spacial score (nSPS) is 11.3. The van der Waals surface area contributed by atoms with Crippen LogP contribution >= 0.6 is 15.9 Å². The van der Waals surface area contributed by atoms with E-state index in [9.17, 15) is 14.9 Å². The molecule has 0 aliphatic heterocycles. The summed E-state index contributed by atoms with van der Waals surface area (Å²) in [4.78, 5) is 24.0. The zero-order chi connectivity index (χ0) is 28.9. The van der Waals surface area contributed by atoms with Crippen LogP contribution in [0.15, 0.2) is 87.0 Å². The second-order valence-corrected chi connectivity index (χ2v) is 9.47. The Bertz CT molecular complexity index is 1750. The van der Waals surface area contributed by atoms with Crippen LogP contribution in [0.5, 0.6) is 5.75 Å². The van der Waals surface area contributed by atoms with Crippen LogP contribution in [0.1, 0.15) is 28.5 Å². The predicted molar refractivity (Wildman–Crippen MR) is 150 cm³/mol. The van der Waals surface area contributed by atoms with Crippen molar-refractivity contribution in [3.63, 3.8) is 0 Å². The summed E-state index contributed by atoms with van der Waals surface area (Å²) in [6.07, 6.45) is 0. The van der Waals surface area contributed by atoms with E-state index >= 15 is 0 Å². The molecule has 3 N–H and O–H groups in total. The molecule has 0 fully saturated rings. The molecule has 3 aromatic carbocycles. The monoisotopic (exact) mass is 617 g/mol. The maximum absolute atomic E-state index is 13.2. The van der Waals surface area contributed by atoms with Crippen molar-refractivity contribution in [2.24, 2.45) is 5.10 Å². The third kappa shape index (κ3) is 6.09. The Kier molecular flexibility index (Phi) is 7.78. The molecular formula is C26H20BrN9O5. The number of hydrogen-bond acceptors (Lipinski definition) is 11. The Balaban J connectivity index is 1.35. The summed E-state index contributed by atoms with van der Waals surface area (Å²) in [7, 11) is 0. The molecule has 0 aliphatic carbocycles. The molecule has 0 bridgehead atoms. The van der Waals surface area contributed by atoms with E-state index in [-0.39, 0.29) is 34.3 Å². The van der Waals surface area contributed by atoms with Crippen molar-refractivity contribution < 1.29 is 19.1 Å². The minimum atomic E-state index is -0.721. The molecule has 0 aliphatic rings. The van der Waals surface area contributed by atoms with E-state index in [4.69, 9.17) is 10.5 Å². The number of nitro benzene ring substituents is 1. The molecule has 0 radical (unpaired) electrons. The number of nitrogen functional groups attached to an aromatic ring is 1. The number of nitrogens with one attached hydrogen (secondary N) is 1. The number of anilines is 1. The van der Waals surface area contributed by atoms with Gasteiger partial charge in [-0.15, -0.1) is 5.10 Å². The van der Waals surface area contributed by atoms with Gasteiger partial charge in [0.05, 0.1) is 10.6 Å². The molecule has 0 saturated carbocycles. The zero-order valence-corrected chi connectivity index (χ0v) is 22.8. The van der Waals surface area contributed by atoms with Crippen LogP contribution in [0, 0.1) is 10.1 Å². The number of hydrogen-bond donors (Lipinski definition) is 2. The number of ether oxygens (including phenoxy) is 1. The topological polar surface area (TPSA) is 189 Å². The van der Waals surface area contributed by atoms with Gasteiger partial charge in [-0.1, -0.05) is 45.4 Å². The lowest BCUT2D eigenvalue weighted by Gasteiger charge is -2.08. The number of halogens is 1. The smallest absolute Gasteiger partial charge is 0.294 e. The molecular weight excluding hydrogens is 598 g/mol. The van der Waals surface area contributed by atoms with Crippen molar-refractivity contribution >= 4 is 39.1 Å². The van der Waals surface area contributed by atoms with Gasteiger partial charge in [-0.2, -0.15) is 9.78 Å². The Morgan fingerprint density at radius 2 is 1.90 bits per heavy atom. The maximum atomic E-state index is 13.2. The van der Waals surface area contributed by atoms with Gasteiger partial charge in [0.1, 0.15) is 18.1 Å². The molecule has 1 amide bonds. The fourth-order valence-electron chi connectivity index (χ4n) is 3.74. The van der Waals surface area contributed by atoms with Crippen molar-refractivity contribution in [3.8, 4) is 22.8 Å². The SMILES string of the molecule is C/C(=N/NC(=O)c1nnn(-c2nonc2N)c1-c1cccc([N+](=O)[O-])c1)c1ccc(OCc2ccc(Br)cc2)cc1. The first-order valence-electron chi connectivity index (χ1n) is 11.9. The number of benzene rings is 3. The molecule has 2 aromatic heterocycles. The summed E-state index contributed by atoms with van der Waals surface area (Å²) >= 11 is 3.41. The van der Waals surface area contributed by atoms with Gasteiger partial charge in [-0.3, -0.25) is 14.9 Å². The number of carbonyl (C=O) groups excluding carboxylic acids is 1. The van der Waals surface area contributed by atoms with E-state index in [0.717, 1.165) is 20.3 Å². The van der Waals surface area contributed by atoms with Crippen molar-refractivity contribution in [2.75, 3.05) is 5.73 Å². The Morgan fingerprint density at radius 1 is 1.15 bits per heavy atom. The van der Waals surface area contributed by atoms with Gasteiger partial charge >= 0.3 is 0 Å². The summed E-state index contributed by atoms with van der Waals surface area (Å²) < 4.78 is 12.6. The molecule has 0 unspecified atom stereocenters. The summed E-state index contributed by atoms with van der Waals surface area (Å²) in [5.74, 6) is -0.207. The standard InChI is InChI=1S/C26H20BrN9O5/c1-15(17-7-11-21(12-8-17)40-14-16-5-9-19(27)10-6-16)29-31-26(37)22-23(18-3-2-4-20(13-18)36(38)39)35(34-30-22)25-24(28)32-41-33-25/h2-13H,14H2,1H3,(H2,28,32)(H,31,37)/b29-15-. The molecule has 15 heteroatoms. The summed E-state index contributed by atoms with van der Waals surface area (Å²) in [5, 5.41) is 30.7. The van der Waals surface area contributed by atoms with Crippen LogP contribution in [0.2, 0.25) is 0 Å². The van der Waals surface area contributed by atoms with Crippen LogP contribution in [0.4, 0.5) is 11.5 Å². The minimum absolute atomic E-state index is 0.0415. The lowest BCUT2D eigenvalue weighted by molar-refractivity contribution is -0.384. The number of carbonyl (C=O) groups is 1. The van der Waals surface area contributed by atoms with Gasteiger partial charge in [0, 0.05) is 22.2 Å². The first-order chi connectivity index (χ1) is 19.8. The van der Waals surface area contributed by atoms with Gasteiger partial charge in [0.2, 0.25) is 11.6 Å². The number of aromatic nitrogens is 5. The number of nitrogens with zero attached hydrogens (tertiary/aromatic N) is 7. The van der Waals surface area contributed by atoms with Crippen molar-refractivity contribution in [3.05, 3.63) is 104 Å². The van der Waals surface area contributed by atoms with Crippen LogP contribution < -0.4 is 15.9 Å². The van der Waals surface area contributed by atoms with Crippen LogP contribution in [0.25, 0.3) is 17.1 Å². The van der Waals surface area contributed by atoms with Crippen molar-refractivity contribution in [2.45, 2.75) is 13.5 Å². The molecule has 41 heavy (non-hydrogen) atoms. The molecule has 5 aromatic rings. The van der Waals surface area contributed by atoms with Gasteiger partial charge in [-0.05, 0) is 64.8 Å². The van der Waals surface area contributed by atoms with E-state index in [1.807, 2.05) is 36.4 Å². The van der Waals surface area contributed by atoms with Crippen LogP contribution in [0.3, 0.4) is 0 Å². The largest absolute Gasteiger partial charge is 0.489 e. The molecule has 0 saturated heterocycles. The van der Waals surface area contributed by atoms with Crippen molar-refractivity contribution in [1.29, 1.82) is 0 Å². The van der Waals surface area contributed by atoms with Crippen LogP contribution in [-0.2, 0) is 6.61 Å². The maximum Gasteiger partial charge on any atom is 0.294 e. The Hall–Kier alpha value is -5.44. The lowest BCUT2D eigenvalue weighted by atomic mass is 10.1. The molecule has 0 atom stereocenters. The second-order valence-electron chi connectivity index (χ2n) is 8.56. The van der Waals surface area contributed by atoms with Gasteiger partial charge in [-0.25, -0.2) is 10.1 Å². The summed E-state index contributed by atoms with van der Waals surface area (Å²) in [5.41, 5.74) is 10.5. The predicted octanol–water partition coefficient (Wildman–Crippen LogP) is 4.30. The fraction of sp³-hybridized carbons (Fsp3) is 0.0769. The molecule has 2 heterocycles. The van der Waals surface area contributed by atoms with E-state index in [1.54, 1.807) is 25.1 Å². The highest BCUT2D eigenvalue weighted by Gasteiger charge is 2.26. The van der Waals surface area contributed by atoms with Gasteiger partial charge in [0.15, 0.2) is 5.69 Å². The Morgan fingerprint density at radius 3 is 2.59 bits per heavy atom. The number of non-ortho nitro benzene ring substituents is 1. The minimum Gasteiger partial charge on any atom is -0.489 e. The highest BCUT2D eigenvalue weighted by molar-refractivity contribution is 9.10. The number of nitrogens with two attached hydrogens (primary N) is 1. The van der Waals surface area contributed by atoms with Crippen LogP contribution in [-0.4, -0.2) is 41.8 Å². The number of hydrazone groups is 1.